The maximum Gasteiger partial charge on any atom is 0.274 e. The maximum atomic E-state index is 11.6. The summed E-state index contributed by atoms with van der Waals surface area (Å²) in [5.41, 5.74) is 0. The molecule has 5 nitrogen and oxygen atoms in total. The summed E-state index contributed by atoms with van der Waals surface area (Å²) in [6, 6.07) is -0.531. The molecule has 0 saturated heterocycles. The molecule has 0 aromatic carbocycles. The van der Waals surface area contributed by atoms with Gasteiger partial charge >= 0.3 is 0 Å². The van der Waals surface area contributed by atoms with Crippen molar-refractivity contribution in [3.8, 4) is 0 Å². The first kappa shape index (κ1) is 10.7. The van der Waals surface area contributed by atoms with E-state index >= 15 is 0 Å². The van der Waals surface area contributed by atoms with Gasteiger partial charge in [0, 0.05) is 7.05 Å². The van der Waals surface area contributed by atoms with E-state index in [1.807, 2.05) is 13.0 Å². The van der Waals surface area contributed by atoms with Crippen LogP contribution in [0.25, 0.3) is 0 Å². The number of hydrogen-bond acceptors (Lipinski definition) is 4. The summed E-state index contributed by atoms with van der Waals surface area (Å²) in [6.45, 7) is 1.86. The predicted molar refractivity (Wildman–Crippen MR) is 51.7 cm³/mol. The topological polar surface area (TPSA) is 51.1 Å². The third kappa shape index (κ3) is 2.11. The average Bonchev–Trinajstić information content (AvgIpc) is 2.64. The van der Waals surface area contributed by atoms with E-state index in [9.17, 15) is 4.79 Å². The van der Waals surface area contributed by atoms with Gasteiger partial charge < -0.3 is 4.74 Å². The van der Waals surface area contributed by atoms with Crippen molar-refractivity contribution in [3.05, 3.63) is 12.2 Å². The number of allylic oxidation sites excluding steroid dienone is 1. The molecule has 0 saturated carbocycles. The average molecular weight is 198 g/mol. The monoisotopic (exact) mass is 198 g/mol. The van der Waals surface area contributed by atoms with Crippen LogP contribution in [0.2, 0.25) is 0 Å². The van der Waals surface area contributed by atoms with Crippen LogP contribution in [0.15, 0.2) is 17.1 Å². The number of hydrogen-bond donors (Lipinski definition) is 0. The first-order valence-electron chi connectivity index (χ1n) is 4.32. The standard InChI is InChI=1S/C9H14N2O3/c1-4-5-7-8(10-6-14-7)9(12)11(2)13-3/h4-8H,1-3H3/b5-4+/t7-,8+/m0/s1. The molecule has 0 spiro atoms. The highest BCUT2D eigenvalue weighted by molar-refractivity contribution is 5.84. The smallest absolute Gasteiger partial charge is 0.274 e. The molecule has 0 N–H and O–H groups in total. The summed E-state index contributed by atoms with van der Waals surface area (Å²) >= 11 is 0. The fourth-order valence-electron chi connectivity index (χ4n) is 1.15. The Morgan fingerprint density at radius 3 is 3.00 bits per heavy atom. The molecule has 0 radical (unpaired) electrons. The number of amides is 1. The fourth-order valence-corrected chi connectivity index (χ4v) is 1.15. The van der Waals surface area contributed by atoms with Gasteiger partial charge in [0.1, 0.15) is 6.10 Å². The summed E-state index contributed by atoms with van der Waals surface area (Å²) in [6.07, 6.45) is 4.60. The lowest BCUT2D eigenvalue weighted by Gasteiger charge is -2.18. The molecule has 1 aliphatic heterocycles. The van der Waals surface area contributed by atoms with Crippen LogP contribution in [0.5, 0.6) is 0 Å². The van der Waals surface area contributed by atoms with E-state index < -0.39 is 6.04 Å². The van der Waals surface area contributed by atoms with Crippen molar-refractivity contribution < 1.29 is 14.4 Å². The van der Waals surface area contributed by atoms with Crippen LogP contribution in [0, 0.1) is 0 Å². The molecule has 1 amide bonds. The lowest BCUT2D eigenvalue weighted by Crippen LogP contribution is -2.39. The summed E-state index contributed by atoms with van der Waals surface area (Å²) < 4.78 is 5.14. The number of carbonyl (C=O) groups is 1. The zero-order valence-electron chi connectivity index (χ0n) is 8.51. The molecule has 5 heteroatoms. The van der Waals surface area contributed by atoms with Crippen LogP contribution in [0.1, 0.15) is 6.92 Å². The van der Waals surface area contributed by atoms with Crippen molar-refractivity contribution >= 4 is 12.3 Å². The van der Waals surface area contributed by atoms with Crippen molar-refractivity contribution in [2.24, 2.45) is 4.99 Å². The highest BCUT2D eigenvalue weighted by Gasteiger charge is 2.32. The number of carbonyl (C=O) groups excluding carboxylic acids is 1. The molecule has 0 aromatic heterocycles. The van der Waals surface area contributed by atoms with Crippen LogP contribution in [-0.4, -0.2) is 43.7 Å². The lowest BCUT2D eigenvalue weighted by atomic mass is 10.1. The van der Waals surface area contributed by atoms with Gasteiger partial charge in [-0.2, -0.15) is 0 Å². The Morgan fingerprint density at radius 2 is 2.43 bits per heavy atom. The van der Waals surface area contributed by atoms with E-state index in [2.05, 4.69) is 4.99 Å². The van der Waals surface area contributed by atoms with Crippen LogP contribution in [0.3, 0.4) is 0 Å². The molecule has 0 aliphatic carbocycles. The molecule has 0 fully saturated rings. The molecule has 2 atom stereocenters. The van der Waals surface area contributed by atoms with Gasteiger partial charge in [-0.3, -0.25) is 9.63 Å². The number of likely N-dealkylation sites (N-methyl/N-ethyl adjacent to an activating group) is 1. The Labute approximate surface area is 83.0 Å². The van der Waals surface area contributed by atoms with Gasteiger partial charge in [0.2, 0.25) is 0 Å². The molecular formula is C9H14N2O3. The Balaban J connectivity index is 2.66. The van der Waals surface area contributed by atoms with E-state index in [1.54, 1.807) is 13.1 Å². The van der Waals surface area contributed by atoms with Crippen LogP contribution >= 0.6 is 0 Å². The van der Waals surface area contributed by atoms with Gasteiger partial charge in [-0.1, -0.05) is 6.08 Å². The largest absolute Gasteiger partial charge is 0.473 e. The first-order chi connectivity index (χ1) is 6.70. The normalized spacial score (nSPS) is 25.4. The quantitative estimate of drug-likeness (QED) is 0.486. The third-order valence-electron chi connectivity index (χ3n) is 1.97. The Hall–Kier alpha value is -1.36. The predicted octanol–water partition coefficient (Wildman–Crippen LogP) is 0.378. The molecule has 0 unspecified atom stereocenters. The second-order valence-corrected chi connectivity index (χ2v) is 2.84. The highest BCUT2D eigenvalue weighted by Crippen LogP contribution is 2.13. The summed E-state index contributed by atoms with van der Waals surface area (Å²) in [4.78, 5) is 20.4. The minimum absolute atomic E-state index is 0.218. The number of hydroxylamine groups is 2. The SMILES string of the molecule is C/C=C/[C@@H]1OC=N[C@H]1C(=O)N(C)OC. The highest BCUT2D eigenvalue weighted by atomic mass is 16.7. The Kier molecular flexibility index (Phi) is 3.64. The van der Waals surface area contributed by atoms with Crippen LogP contribution in [-0.2, 0) is 14.4 Å². The number of rotatable bonds is 3. The van der Waals surface area contributed by atoms with E-state index in [-0.39, 0.29) is 12.0 Å². The zero-order valence-corrected chi connectivity index (χ0v) is 8.51. The van der Waals surface area contributed by atoms with E-state index in [0.29, 0.717) is 0 Å². The Bertz CT molecular complexity index is 263. The van der Waals surface area contributed by atoms with Crippen molar-refractivity contribution in [1.29, 1.82) is 0 Å². The molecule has 1 heterocycles. The van der Waals surface area contributed by atoms with Gasteiger partial charge in [-0.15, -0.1) is 0 Å². The third-order valence-corrected chi connectivity index (χ3v) is 1.97. The van der Waals surface area contributed by atoms with Crippen molar-refractivity contribution in [2.75, 3.05) is 14.2 Å². The number of ether oxygens (including phenoxy) is 1. The van der Waals surface area contributed by atoms with E-state index in [0.717, 1.165) is 5.06 Å². The van der Waals surface area contributed by atoms with E-state index in [4.69, 9.17) is 9.57 Å². The summed E-state index contributed by atoms with van der Waals surface area (Å²) in [7, 11) is 2.98. The second kappa shape index (κ2) is 4.76. The van der Waals surface area contributed by atoms with Gasteiger partial charge in [0.05, 0.1) is 7.11 Å². The van der Waals surface area contributed by atoms with E-state index in [1.165, 1.54) is 13.5 Å². The van der Waals surface area contributed by atoms with Crippen molar-refractivity contribution in [2.45, 2.75) is 19.1 Å². The Morgan fingerprint density at radius 1 is 1.71 bits per heavy atom. The second-order valence-electron chi connectivity index (χ2n) is 2.84. The minimum Gasteiger partial charge on any atom is -0.473 e. The molecule has 0 bridgehead atoms. The minimum atomic E-state index is -0.531. The molecular weight excluding hydrogens is 184 g/mol. The van der Waals surface area contributed by atoms with Gasteiger partial charge in [-0.05, 0) is 13.0 Å². The lowest BCUT2D eigenvalue weighted by molar-refractivity contribution is -0.171. The van der Waals surface area contributed by atoms with Gasteiger partial charge in [-0.25, -0.2) is 10.1 Å². The molecule has 78 valence electrons. The van der Waals surface area contributed by atoms with Crippen molar-refractivity contribution in [3.63, 3.8) is 0 Å². The molecule has 14 heavy (non-hydrogen) atoms. The molecule has 1 rings (SSSR count). The van der Waals surface area contributed by atoms with Crippen LogP contribution < -0.4 is 0 Å². The molecule has 1 aliphatic rings. The summed E-state index contributed by atoms with van der Waals surface area (Å²) in [5.74, 6) is -0.218. The van der Waals surface area contributed by atoms with Crippen LogP contribution in [0.4, 0.5) is 0 Å². The van der Waals surface area contributed by atoms with Crippen molar-refractivity contribution in [1.82, 2.24) is 5.06 Å². The number of nitrogens with zero attached hydrogens (tertiary/aromatic N) is 2. The number of aliphatic imine (C=N–C) groups is 1. The van der Waals surface area contributed by atoms with Gasteiger partial charge in [0.25, 0.3) is 5.91 Å². The zero-order chi connectivity index (χ0) is 10.6. The first-order valence-corrected chi connectivity index (χ1v) is 4.32. The fraction of sp³-hybridized carbons (Fsp3) is 0.556. The molecule has 0 aromatic rings. The van der Waals surface area contributed by atoms with Gasteiger partial charge in [0.15, 0.2) is 12.4 Å². The maximum absolute atomic E-state index is 11.6. The summed E-state index contributed by atoms with van der Waals surface area (Å²) in [5, 5.41) is 1.15.